The van der Waals surface area contributed by atoms with E-state index >= 15 is 0 Å². The van der Waals surface area contributed by atoms with Crippen molar-refractivity contribution in [2.75, 3.05) is 33.3 Å². The third kappa shape index (κ3) is 3.42. The Morgan fingerprint density at radius 1 is 1.35 bits per heavy atom. The monoisotopic (exact) mass is 240 g/mol. The summed E-state index contributed by atoms with van der Waals surface area (Å²) in [6.45, 7) is 3.69. The van der Waals surface area contributed by atoms with Crippen molar-refractivity contribution in [1.82, 2.24) is 10.2 Å². The minimum absolute atomic E-state index is 0.135. The zero-order valence-corrected chi connectivity index (χ0v) is 10.8. The third-order valence-electron chi connectivity index (χ3n) is 3.93. The predicted octanol–water partition coefficient (Wildman–Crippen LogP) is 1.01. The van der Waals surface area contributed by atoms with Crippen molar-refractivity contribution in [3.05, 3.63) is 0 Å². The van der Waals surface area contributed by atoms with Crippen LogP contribution in [0.5, 0.6) is 0 Å². The summed E-state index contributed by atoms with van der Waals surface area (Å²) in [5.74, 6) is 1.02. The number of carbonyl (C=O) groups is 1. The van der Waals surface area contributed by atoms with Crippen LogP contribution in [0.4, 0.5) is 0 Å². The summed E-state index contributed by atoms with van der Waals surface area (Å²) in [6.07, 6.45) is 5.36. The smallest absolute Gasteiger partial charge is 0.251 e. The summed E-state index contributed by atoms with van der Waals surface area (Å²) in [5, 5.41) is 3.19. The molecule has 0 aromatic carbocycles. The number of hydrogen-bond donors (Lipinski definition) is 1. The number of ether oxygens (including phenoxy) is 1. The summed E-state index contributed by atoms with van der Waals surface area (Å²) in [7, 11) is 2.00. The minimum atomic E-state index is -0.135. The maximum atomic E-state index is 12.1. The molecule has 4 heteroatoms. The van der Waals surface area contributed by atoms with Gasteiger partial charge in [0.1, 0.15) is 6.10 Å². The molecule has 2 heterocycles. The van der Waals surface area contributed by atoms with E-state index in [1.165, 1.54) is 6.42 Å². The summed E-state index contributed by atoms with van der Waals surface area (Å²) in [4.78, 5) is 14.1. The summed E-state index contributed by atoms with van der Waals surface area (Å²) < 4.78 is 5.46. The number of carbonyl (C=O) groups excluding carboxylic acids is 1. The molecule has 0 unspecified atom stereocenters. The molecule has 2 saturated heterocycles. The molecule has 2 fully saturated rings. The standard InChI is InChI=1S/C13H24N2O2/c1-14-7-4-11-5-8-15(9-6-11)13(16)12-3-2-10-17-12/h11-12,14H,2-10H2,1H3/t12-/m0/s1. The molecule has 17 heavy (non-hydrogen) atoms. The molecule has 98 valence electrons. The minimum Gasteiger partial charge on any atom is -0.368 e. The first-order chi connectivity index (χ1) is 8.31. The van der Waals surface area contributed by atoms with Crippen LogP contribution in [0.25, 0.3) is 0 Å². The Labute approximate surface area is 104 Å². The van der Waals surface area contributed by atoms with Crippen molar-refractivity contribution in [3.8, 4) is 0 Å². The van der Waals surface area contributed by atoms with Crippen molar-refractivity contribution in [2.45, 2.75) is 38.2 Å². The van der Waals surface area contributed by atoms with Gasteiger partial charge in [-0.15, -0.1) is 0 Å². The first kappa shape index (κ1) is 12.8. The van der Waals surface area contributed by atoms with Gasteiger partial charge in [-0.1, -0.05) is 0 Å². The van der Waals surface area contributed by atoms with E-state index in [0.29, 0.717) is 0 Å². The van der Waals surface area contributed by atoms with E-state index in [1.807, 2.05) is 11.9 Å². The highest BCUT2D eigenvalue weighted by molar-refractivity contribution is 5.81. The molecule has 0 aromatic heterocycles. The number of piperidine rings is 1. The van der Waals surface area contributed by atoms with Gasteiger partial charge >= 0.3 is 0 Å². The van der Waals surface area contributed by atoms with Crippen molar-refractivity contribution >= 4 is 5.91 Å². The topological polar surface area (TPSA) is 41.6 Å². The Morgan fingerprint density at radius 3 is 2.71 bits per heavy atom. The number of amides is 1. The quantitative estimate of drug-likeness (QED) is 0.797. The largest absolute Gasteiger partial charge is 0.368 e. The van der Waals surface area contributed by atoms with E-state index in [1.54, 1.807) is 0 Å². The van der Waals surface area contributed by atoms with Gasteiger partial charge in [-0.05, 0) is 51.6 Å². The lowest BCUT2D eigenvalue weighted by molar-refractivity contribution is -0.142. The lowest BCUT2D eigenvalue weighted by Gasteiger charge is -2.33. The van der Waals surface area contributed by atoms with Crippen LogP contribution in [0.1, 0.15) is 32.1 Å². The van der Waals surface area contributed by atoms with Gasteiger partial charge < -0.3 is 15.0 Å². The summed E-state index contributed by atoms with van der Waals surface area (Å²) >= 11 is 0. The molecule has 2 rings (SSSR count). The molecule has 1 atom stereocenters. The molecule has 1 amide bonds. The van der Waals surface area contributed by atoms with E-state index in [2.05, 4.69) is 5.32 Å². The van der Waals surface area contributed by atoms with E-state index in [9.17, 15) is 4.79 Å². The zero-order chi connectivity index (χ0) is 12.1. The Balaban J connectivity index is 1.72. The first-order valence-corrected chi connectivity index (χ1v) is 6.86. The van der Waals surface area contributed by atoms with Gasteiger partial charge in [-0.2, -0.15) is 0 Å². The molecule has 2 aliphatic heterocycles. The van der Waals surface area contributed by atoms with E-state index < -0.39 is 0 Å². The average Bonchev–Trinajstić information content (AvgIpc) is 2.90. The molecule has 4 nitrogen and oxygen atoms in total. The van der Waals surface area contributed by atoms with Gasteiger partial charge in [-0.3, -0.25) is 4.79 Å². The highest BCUT2D eigenvalue weighted by Crippen LogP contribution is 2.22. The van der Waals surface area contributed by atoms with Crippen molar-refractivity contribution in [2.24, 2.45) is 5.92 Å². The lowest BCUT2D eigenvalue weighted by atomic mass is 9.93. The van der Waals surface area contributed by atoms with Gasteiger partial charge in [0, 0.05) is 19.7 Å². The molecular formula is C13H24N2O2. The number of nitrogens with zero attached hydrogens (tertiary/aromatic N) is 1. The van der Waals surface area contributed by atoms with Crippen molar-refractivity contribution in [1.29, 1.82) is 0 Å². The fourth-order valence-electron chi connectivity index (χ4n) is 2.77. The summed E-state index contributed by atoms with van der Waals surface area (Å²) in [6, 6.07) is 0. The number of rotatable bonds is 4. The Kier molecular flexibility index (Phi) is 4.80. The molecule has 2 aliphatic rings. The molecule has 0 saturated carbocycles. The van der Waals surface area contributed by atoms with Crippen molar-refractivity contribution < 1.29 is 9.53 Å². The van der Waals surface area contributed by atoms with E-state index in [0.717, 1.165) is 57.8 Å². The van der Waals surface area contributed by atoms with Crippen molar-refractivity contribution in [3.63, 3.8) is 0 Å². The first-order valence-electron chi connectivity index (χ1n) is 6.86. The number of hydrogen-bond acceptors (Lipinski definition) is 3. The SMILES string of the molecule is CNCCC1CCN(C(=O)[C@@H]2CCCO2)CC1. The molecule has 0 spiro atoms. The van der Waals surface area contributed by atoms with Crippen LogP contribution in [-0.4, -0.2) is 50.2 Å². The zero-order valence-electron chi connectivity index (χ0n) is 10.8. The number of likely N-dealkylation sites (tertiary alicyclic amines) is 1. The molecule has 0 bridgehead atoms. The Bertz CT molecular complexity index is 244. The van der Waals surface area contributed by atoms with Gasteiger partial charge in [0.15, 0.2) is 0 Å². The fourth-order valence-corrected chi connectivity index (χ4v) is 2.77. The van der Waals surface area contributed by atoms with Crippen LogP contribution in [-0.2, 0) is 9.53 Å². The number of nitrogens with one attached hydrogen (secondary N) is 1. The second-order valence-corrected chi connectivity index (χ2v) is 5.16. The maximum Gasteiger partial charge on any atom is 0.251 e. The molecule has 0 aliphatic carbocycles. The normalized spacial score (nSPS) is 26.4. The van der Waals surface area contributed by atoms with Crippen LogP contribution in [0, 0.1) is 5.92 Å². The van der Waals surface area contributed by atoms with Crippen LogP contribution < -0.4 is 5.32 Å². The Morgan fingerprint density at radius 2 is 2.12 bits per heavy atom. The predicted molar refractivity (Wildman–Crippen MR) is 66.8 cm³/mol. The molecule has 1 N–H and O–H groups in total. The highest BCUT2D eigenvalue weighted by atomic mass is 16.5. The second-order valence-electron chi connectivity index (χ2n) is 5.16. The summed E-state index contributed by atoms with van der Waals surface area (Å²) in [5.41, 5.74) is 0. The van der Waals surface area contributed by atoms with Gasteiger partial charge in [0.05, 0.1) is 0 Å². The Hall–Kier alpha value is -0.610. The van der Waals surface area contributed by atoms with Crippen LogP contribution in [0.3, 0.4) is 0 Å². The molecular weight excluding hydrogens is 216 g/mol. The van der Waals surface area contributed by atoms with Crippen LogP contribution in [0.15, 0.2) is 0 Å². The molecule has 0 radical (unpaired) electrons. The van der Waals surface area contributed by atoms with Gasteiger partial charge in [-0.25, -0.2) is 0 Å². The second kappa shape index (κ2) is 6.36. The van der Waals surface area contributed by atoms with Crippen LogP contribution >= 0.6 is 0 Å². The maximum absolute atomic E-state index is 12.1. The van der Waals surface area contributed by atoms with Gasteiger partial charge in [0.2, 0.25) is 0 Å². The van der Waals surface area contributed by atoms with E-state index in [4.69, 9.17) is 4.74 Å². The highest BCUT2D eigenvalue weighted by Gasteiger charge is 2.30. The van der Waals surface area contributed by atoms with E-state index in [-0.39, 0.29) is 12.0 Å². The average molecular weight is 240 g/mol. The van der Waals surface area contributed by atoms with Crippen LogP contribution in [0.2, 0.25) is 0 Å². The third-order valence-corrected chi connectivity index (χ3v) is 3.93. The fraction of sp³-hybridized carbons (Fsp3) is 0.923. The molecule has 0 aromatic rings. The lowest BCUT2D eigenvalue weighted by Crippen LogP contribution is -2.43. The van der Waals surface area contributed by atoms with Gasteiger partial charge in [0.25, 0.3) is 5.91 Å².